The van der Waals surface area contributed by atoms with E-state index in [1.807, 2.05) is 27.7 Å². The molecule has 4 unspecified atom stereocenters. The fourth-order valence-electron chi connectivity index (χ4n) is 2.41. The first-order valence-corrected chi connectivity index (χ1v) is 6.54. The summed E-state index contributed by atoms with van der Waals surface area (Å²) in [5, 5.41) is 9.18. The van der Waals surface area contributed by atoms with E-state index in [0.717, 1.165) is 0 Å². The number of carbonyl (C=O) groups is 1. The van der Waals surface area contributed by atoms with E-state index in [1.54, 1.807) is 0 Å². The SMILES string of the molecule is CCOc1n[nH]c(NC(=O)C2C(C)OC(C)C2C)n1. The van der Waals surface area contributed by atoms with E-state index < -0.39 is 0 Å². The number of ether oxygens (including phenoxy) is 2. The first-order chi connectivity index (χ1) is 9.02. The van der Waals surface area contributed by atoms with Crippen molar-refractivity contribution in [3.8, 4) is 6.01 Å². The second kappa shape index (κ2) is 5.56. The number of aromatic amines is 1. The van der Waals surface area contributed by atoms with Crippen LogP contribution in [0, 0.1) is 11.8 Å². The van der Waals surface area contributed by atoms with Crippen LogP contribution in [0.15, 0.2) is 0 Å². The largest absolute Gasteiger partial charge is 0.463 e. The first-order valence-electron chi connectivity index (χ1n) is 6.54. The third-order valence-electron chi connectivity index (χ3n) is 3.52. The predicted octanol–water partition coefficient (Wildman–Crippen LogP) is 1.20. The summed E-state index contributed by atoms with van der Waals surface area (Å²) in [6.45, 7) is 8.24. The Hall–Kier alpha value is -1.63. The van der Waals surface area contributed by atoms with Gasteiger partial charge in [-0.2, -0.15) is 4.98 Å². The number of nitrogens with one attached hydrogen (secondary N) is 2. The van der Waals surface area contributed by atoms with Gasteiger partial charge in [-0.15, -0.1) is 5.10 Å². The predicted molar refractivity (Wildman–Crippen MR) is 68.8 cm³/mol. The molecule has 1 amide bonds. The van der Waals surface area contributed by atoms with E-state index in [4.69, 9.17) is 9.47 Å². The molecule has 2 rings (SSSR count). The average molecular weight is 268 g/mol. The van der Waals surface area contributed by atoms with Gasteiger partial charge in [-0.1, -0.05) is 6.92 Å². The van der Waals surface area contributed by atoms with Crippen LogP contribution in [0.4, 0.5) is 5.95 Å². The minimum atomic E-state index is -0.185. The zero-order chi connectivity index (χ0) is 14.0. The summed E-state index contributed by atoms with van der Waals surface area (Å²) >= 11 is 0. The van der Waals surface area contributed by atoms with Crippen LogP contribution in [0.1, 0.15) is 27.7 Å². The van der Waals surface area contributed by atoms with Crippen molar-refractivity contribution in [2.45, 2.75) is 39.9 Å². The summed E-state index contributed by atoms with van der Waals surface area (Å²) in [5.74, 6) is 0.177. The van der Waals surface area contributed by atoms with Crippen molar-refractivity contribution in [3.05, 3.63) is 0 Å². The third kappa shape index (κ3) is 2.86. The second-order valence-electron chi connectivity index (χ2n) is 4.82. The Kier molecular flexibility index (Phi) is 4.04. The lowest BCUT2D eigenvalue weighted by Gasteiger charge is -2.16. The van der Waals surface area contributed by atoms with Crippen LogP contribution in [0.5, 0.6) is 6.01 Å². The van der Waals surface area contributed by atoms with Gasteiger partial charge >= 0.3 is 6.01 Å². The lowest BCUT2D eigenvalue weighted by atomic mass is 9.89. The number of amides is 1. The quantitative estimate of drug-likeness (QED) is 0.856. The zero-order valence-corrected chi connectivity index (χ0v) is 11.6. The van der Waals surface area contributed by atoms with Crippen LogP contribution < -0.4 is 10.1 Å². The van der Waals surface area contributed by atoms with Gasteiger partial charge in [0.2, 0.25) is 11.9 Å². The third-order valence-corrected chi connectivity index (χ3v) is 3.52. The highest BCUT2D eigenvalue weighted by Gasteiger charge is 2.41. The van der Waals surface area contributed by atoms with Crippen LogP contribution in [-0.4, -0.2) is 39.9 Å². The first kappa shape index (κ1) is 13.8. The van der Waals surface area contributed by atoms with Gasteiger partial charge < -0.3 is 9.47 Å². The molecule has 1 saturated heterocycles. The van der Waals surface area contributed by atoms with Gasteiger partial charge in [0.25, 0.3) is 0 Å². The summed E-state index contributed by atoms with van der Waals surface area (Å²) < 4.78 is 10.8. The van der Waals surface area contributed by atoms with Crippen molar-refractivity contribution < 1.29 is 14.3 Å². The fourth-order valence-corrected chi connectivity index (χ4v) is 2.41. The molecule has 0 bridgehead atoms. The summed E-state index contributed by atoms with van der Waals surface area (Å²) in [6, 6.07) is 0.231. The second-order valence-corrected chi connectivity index (χ2v) is 4.82. The molecule has 1 aromatic heterocycles. The Morgan fingerprint density at radius 2 is 2.16 bits per heavy atom. The number of hydrogen-bond donors (Lipinski definition) is 2. The zero-order valence-electron chi connectivity index (χ0n) is 11.6. The number of carbonyl (C=O) groups excluding carboxylic acids is 1. The Bertz CT molecular complexity index is 448. The minimum Gasteiger partial charge on any atom is -0.463 e. The molecule has 106 valence electrons. The van der Waals surface area contributed by atoms with Gasteiger partial charge in [-0.3, -0.25) is 10.1 Å². The fraction of sp³-hybridized carbons (Fsp3) is 0.750. The van der Waals surface area contributed by atoms with Gasteiger partial charge in [-0.25, -0.2) is 5.10 Å². The number of aromatic nitrogens is 3. The molecule has 7 nitrogen and oxygen atoms in total. The van der Waals surface area contributed by atoms with E-state index in [0.29, 0.717) is 12.6 Å². The number of nitrogens with zero attached hydrogens (tertiary/aromatic N) is 2. The topological polar surface area (TPSA) is 89.1 Å². The molecule has 0 spiro atoms. The number of rotatable bonds is 4. The molecule has 4 atom stereocenters. The molecule has 1 aliphatic heterocycles. The highest BCUT2D eigenvalue weighted by atomic mass is 16.5. The van der Waals surface area contributed by atoms with Crippen molar-refractivity contribution in [2.75, 3.05) is 11.9 Å². The number of hydrogen-bond acceptors (Lipinski definition) is 5. The van der Waals surface area contributed by atoms with Crippen LogP contribution in [-0.2, 0) is 9.53 Å². The van der Waals surface area contributed by atoms with Crippen LogP contribution in [0.2, 0.25) is 0 Å². The van der Waals surface area contributed by atoms with Gasteiger partial charge in [0, 0.05) is 0 Å². The van der Waals surface area contributed by atoms with E-state index in [2.05, 4.69) is 20.5 Å². The monoisotopic (exact) mass is 268 g/mol. The van der Waals surface area contributed by atoms with Crippen molar-refractivity contribution >= 4 is 11.9 Å². The summed E-state index contributed by atoms with van der Waals surface area (Å²) in [6.07, 6.45) is -0.0151. The minimum absolute atomic E-state index is 0.0828. The summed E-state index contributed by atoms with van der Waals surface area (Å²) in [4.78, 5) is 16.2. The molecule has 0 aromatic carbocycles. The van der Waals surface area contributed by atoms with Crippen LogP contribution in [0.3, 0.4) is 0 Å². The van der Waals surface area contributed by atoms with E-state index >= 15 is 0 Å². The van der Waals surface area contributed by atoms with Crippen molar-refractivity contribution in [2.24, 2.45) is 11.8 Å². The molecule has 2 N–H and O–H groups in total. The molecule has 0 radical (unpaired) electrons. The molecule has 1 fully saturated rings. The Labute approximate surface area is 112 Å². The molecular weight excluding hydrogens is 248 g/mol. The van der Waals surface area contributed by atoms with Crippen molar-refractivity contribution in [3.63, 3.8) is 0 Å². The molecule has 1 aromatic rings. The Morgan fingerprint density at radius 3 is 2.74 bits per heavy atom. The van der Waals surface area contributed by atoms with Gasteiger partial charge in [-0.05, 0) is 26.7 Å². The maximum Gasteiger partial charge on any atom is 0.337 e. The van der Waals surface area contributed by atoms with E-state index in [1.165, 1.54) is 0 Å². The van der Waals surface area contributed by atoms with Crippen LogP contribution in [0.25, 0.3) is 0 Å². The lowest BCUT2D eigenvalue weighted by molar-refractivity contribution is -0.122. The molecule has 1 aliphatic rings. The lowest BCUT2D eigenvalue weighted by Crippen LogP contribution is -2.32. The molecule has 2 heterocycles. The molecule has 19 heavy (non-hydrogen) atoms. The standard InChI is InChI=1S/C12H20N4O3/c1-5-18-12-14-11(15-16-12)13-10(17)9-6(2)7(3)19-8(9)4/h6-9H,5H2,1-4H3,(H2,13,14,15,16,17). The normalized spacial score (nSPS) is 30.3. The van der Waals surface area contributed by atoms with Crippen molar-refractivity contribution in [1.82, 2.24) is 15.2 Å². The van der Waals surface area contributed by atoms with Crippen LogP contribution >= 0.6 is 0 Å². The molecule has 0 aliphatic carbocycles. The highest BCUT2D eigenvalue weighted by Crippen LogP contribution is 2.32. The average Bonchev–Trinajstić information content (AvgIpc) is 2.86. The molecule has 0 saturated carbocycles. The highest BCUT2D eigenvalue weighted by molar-refractivity contribution is 5.91. The summed E-state index contributed by atoms with van der Waals surface area (Å²) in [7, 11) is 0. The Morgan fingerprint density at radius 1 is 1.42 bits per heavy atom. The maximum atomic E-state index is 12.2. The van der Waals surface area contributed by atoms with Gasteiger partial charge in [0.05, 0.1) is 24.7 Å². The van der Waals surface area contributed by atoms with E-state index in [-0.39, 0.29) is 36.0 Å². The molecule has 7 heteroatoms. The Balaban J connectivity index is 2.00. The maximum absolute atomic E-state index is 12.2. The number of H-pyrrole nitrogens is 1. The summed E-state index contributed by atoms with van der Waals surface area (Å²) in [5.41, 5.74) is 0. The molecular formula is C12H20N4O3. The van der Waals surface area contributed by atoms with Gasteiger partial charge in [0.15, 0.2) is 0 Å². The van der Waals surface area contributed by atoms with Crippen molar-refractivity contribution in [1.29, 1.82) is 0 Å². The van der Waals surface area contributed by atoms with E-state index in [9.17, 15) is 4.79 Å². The number of anilines is 1. The smallest absolute Gasteiger partial charge is 0.337 e. The van der Waals surface area contributed by atoms with Gasteiger partial charge in [0.1, 0.15) is 0 Å².